The van der Waals surface area contributed by atoms with E-state index in [9.17, 15) is 9.59 Å². The Morgan fingerprint density at radius 1 is 1.50 bits per heavy atom. The van der Waals surface area contributed by atoms with Crippen molar-refractivity contribution < 1.29 is 24.2 Å². The number of carboxylic acids is 1. The van der Waals surface area contributed by atoms with Gasteiger partial charge in [0.2, 0.25) is 0 Å². The highest BCUT2D eigenvalue weighted by Gasteiger charge is 2.29. The van der Waals surface area contributed by atoms with Crippen LogP contribution in [0.25, 0.3) is 0 Å². The highest BCUT2D eigenvalue weighted by molar-refractivity contribution is 5.93. The number of para-hydroxylation sites is 1. The number of nitrogens with zero attached hydrogens (tertiary/aromatic N) is 1. The normalized spacial score (nSPS) is 20.7. The van der Waals surface area contributed by atoms with E-state index in [1.165, 1.54) is 6.07 Å². The summed E-state index contributed by atoms with van der Waals surface area (Å²) >= 11 is 0. The minimum Gasteiger partial charge on any atom is -0.489 e. The van der Waals surface area contributed by atoms with Crippen LogP contribution in [0.3, 0.4) is 0 Å². The first-order valence-corrected chi connectivity index (χ1v) is 6.33. The molecule has 0 aromatic heterocycles. The molecule has 2 N–H and O–H groups in total. The fourth-order valence-corrected chi connectivity index (χ4v) is 2.44. The van der Waals surface area contributed by atoms with E-state index < -0.39 is 12.1 Å². The van der Waals surface area contributed by atoms with E-state index in [0.717, 1.165) is 5.69 Å². The summed E-state index contributed by atoms with van der Waals surface area (Å²) in [6, 6.07) is 5.01. The molecule has 1 aromatic rings. The number of hydrogen-bond acceptors (Lipinski definition) is 5. The van der Waals surface area contributed by atoms with Gasteiger partial charge in [-0.05, 0) is 12.1 Å². The first kappa shape index (κ1) is 12.6. The lowest BCUT2D eigenvalue weighted by molar-refractivity contribution is 0.0692. The maximum atomic E-state index is 11.2. The molecular formula is C13H14N2O5. The topological polar surface area (TPSA) is 88.1 Å². The number of amides is 1. The number of alkyl carbamates (subject to hydrolysis) is 1. The molecule has 2 heterocycles. The molecule has 0 aliphatic carbocycles. The van der Waals surface area contributed by atoms with Crippen molar-refractivity contribution in [1.29, 1.82) is 0 Å². The van der Waals surface area contributed by atoms with Crippen LogP contribution in [0.4, 0.5) is 10.5 Å². The van der Waals surface area contributed by atoms with E-state index >= 15 is 0 Å². The number of aromatic carboxylic acids is 1. The van der Waals surface area contributed by atoms with Crippen LogP contribution in [0.1, 0.15) is 10.4 Å². The minimum absolute atomic E-state index is 0.147. The molecule has 7 heteroatoms. The van der Waals surface area contributed by atoms with Crippen molar-refractivity contribution in [2.24, 2.45) is 0 Å². The fourth-order valence-electron chi connectivity index (χ4n) is 2.44. The van der Waals surface area contributed by atoms with Crippen LogP contribution in [-0.4, -0.2) is 49.5 Å². The molecule has 0 spiro atoms. The van der Waals surface area contributed by atoms with Crippen LogP contribution in [0.2, 0.25) is 0 Å². The lowest BCUT2D eigenvalue weighted by atomic mass is 10.1. The number of fused-ring (bicyclic) bond motifs is 1. The van der Waals surface area contributed by atoms with Gasteiger partial charge in [-0.25, -0.2) is 9.59 Å². The van der Waals surface area contributed by atoms with Gasteiger partial charge < -0.3 is 24.8 Å². The van der Waals surface area contributed by atoms with Crippen molar-refractivity contribution in [2.45, 2.75) is 6.10 Å². The summed E-state index contributed by atoms with van der Waals surface area (Å²) in [7, 11) is 0. The summed E-state index contributed by atoms with van der Waals surface area (Å²) < 4.78 is 10.6. The predicted molar refractivity (Wildman–Crippen MR) is 69.4 cm³/mol. The van der Waals surface area contributed by atoms with Gasteiger partial charge in [0, 0.05) is 0 Å². The summed E-state index contributed by atoms with van der Waals surface area (Å²) in [4.78, 5) is 24.2. The second-order valence-electron chi connectivity index (χ2n) is 4.66. The van der Waals surface area contributed by atoms with Crippen LogP contribution >= 0.6 is 0 Å². The Morgan fingerprint density at radius 2 is 2.35 bits per heavy atom. The van der Waals surface area contributed by atoms with Crippen molar-refractivity contribution in [3.63, 3.8) is 0 Å². The lowest BCUT2D eigenvalue weighted by Crippen LogP contribution is -2.40. The molecule has 1 saturated heterocycles. The molecule has 1 unspecified atom stereocenters. The Bertz CT molecular complexity index is 560. The maximum Gasteiger partial charge on any atom is 0.407 e. The molecule has 106 valence electrons. The summed E-state index contributed by atoms with van der Waals surface area (Å²) in [6.45, 7) is 2.01. The number of cyclic esters (lactones) is 1. The van der Waals surface area contributed by atoms with Gasteiger partial charge in [0.1, 0.15) is 18.3 Å². The number of carboxylic acid groups (broad SMARTS) is 1. The minimum atomic E-state index is -1.02. The number of carbonyl (C=O) groups is 2. The molecule has 1 aromatic carbocycles. The molecule has 0 radical (unpaired) electrons. The lowest BCUT2D eigenvalue weighted by Gasteiger charge is -2.32. The smallest absolute Gasteiger partial charge is 0.407 e. The van der Waals surface area contributed by atoms with Crippen molar-refractivity contribution in [1.82, 2.24) is 5.32 Å². The van der Waals surface area contributed by atoms with Crippen LogP contribution < -0.4 is 15.0 Å². The molecule has 1 amide bonds. The fraction of sp³-hybridized carbons (Fsp3) is 0.385. The van der Waals surface area contributed by atoms with E-state index in [4.69, 9.17) is 14.6 Å². The van der Waals surface area contributed by atoms with Crippen molar-refractivity contribution in [3.05, 3.63) is 23.8 Å². The van der Waals surface area contributed by atoms with Crippen LogP contribution in [0.5, 0.6) is 5.75 Å². The molecule has 3 rings (SSSR count). The molecule has 1 atom stereocenters. The second kappa shape index (κ2) is 4.92. The quantitative estimate of drug-likeness (QED) is 0.846. The van der Waals surface area contributed by atoms with E-state index in [-0.39, 0.29) is 11.7 Å². The summed E-state index contributed by atoms with van der Waals surface area (Å²) in [5, 5.41) is 11.8. The molecular weight excluding hydrogens is 264 g/mol. The zero-order chi connectivity index (χ0) is 14.1. The van der Waals surface area contributed by atoms with Crippen LogP contribution in [0, 0.1) is 0 Å². The summed E-state index contributed by atoms with van der Waals surface area (Å²) in [5.74, 6) is -0.638. The Kier molecular flexibility index (Phi) is 3.09. The maximum absolute atomic E-state index is 11.2. The average Bonchev–Trinajstić information content (AvgIpc) is 2.84. The molecule has 0 bridgehead atoms. The van der Waals surface area contributed by atoms with Gasteiger partial charge >= 0.3 is 12.1 Å². The molecule has 7 nitrogen and oxygen atoms in total. The average molecular weight is 278 g/mol. The first-order chi connectivity index (χ1) is 9.65. The van der Waals surface area contributed by atoms with E-state index in [2.05, 4.69) is 5.32 Å². The van der Waals surface area contributed by atoms with Gasteiger partial charge in [-0.3, -0.25) is 0 Å². The monoisotopic (exact) mass is 278 g/mol. The number of rotatable bonds is 3. The number of ether oxygens (including phenoxy) is 2. The Morgan fingerprint density at radius 3 is 3.05 bits per heavy atom. The number of carbonyl (C=O) groups excluding carboxylic acids is 1. The Labute approximate surface area is 115 Å². The van der Waals surface area contributed by atoms with Crippen molar-refractivity contribution >= 4 is 17.7 Å². The number of hydrogen-bond donors (Lipinski definition) is 2. The number of anilines is 1. The molecule has 20 heavy (non-hydrogen) atoms. The Hall–Kier alpha value is -2.44. The predicted octanol–water partition coefficient (Wildman–Crippen LogP) is 0.692. The molecule has 2 aliphatic rings. The van der Waals surface area contributed by atoms with E-state index in [0.29, 0.717) is 32.0 Å². The van der Waals surface area contributed by atoms with Crippen molar-refractivity contribution in [3.8, 4) is 5.75 Å². The second-order valence-corrected chi connectivity index (χ2v) is 4.66. The SMILES string of the molecule is O=C1NCC(CN2CCOc3c(C(=O)O)cccc32)O1. The largest absolute Gasteiger partial charge is 0.489 e. The third-order valence-electron chi connectivity index (χ3n) is 3.34. The van der Waals surface area contributed by atoms with Crippen molar-refractivity contribution in [2.75, 3.05) is 31.1 Å². The van der Waals surface area contributed by atoms with Gasteiger partial charge in [-0.15, -0.1) is 0 Å². The van der Waals surface area contributed by atoms with Gasteiger partial charge in [0.15, 0.2) is 5.75 Å². The highest BCUT2D eigenvalue weighted by atomic mass is 16.6. The van der Waals surface area contributed by atoms with Gasteiger partial charge in [-0.1, -0.05) is 6.07 Å². The van der Waals surface area contributed by atoms with E-state index in [1.54, 1.807) is 6.07 Å². The molecule has 1 fully saturated rings. The Balaban J connectivity index is 1.84. The summed E-state index contributed by atoms with van der Waals surface area (Å²) in [5.41, 5.74) is 0.868. The van der Waals surface area contributed by atoms with E-state index in [1.807, 2.05) is 11.0 Å². The third-order valence-corrected chi connectivity index (χ3v) is 3.34. The zero-order valence-corrected chi connectivity index (χ0v) is 10.7. The number of nitrogens with one attached hydrogen (secondary N) is 1. The van der Waals surface area contributed by atoms with Gasteiger partial charge in [0.05, 0.1) is 25.3 Å². The highest BCUT2D eigenvalue weighted by Crippen LogP contribution is 2.35. The third kappa shape index (κ3) is 2.22. The number of benzene rings is 1. The zero-order valence-electron chi connectivity index (χ0n) is 10.7. The van der Waals surface area contributed by atoms with Gasteiger partial charge in [-0.2, -0.15) is 0 Å². The molecule has 0 saturated carbocycles. The first-order valence-electron chi connectivity index (χ1n) is 6.33. The standard InChI is InChI=1S/C13H14N2O5/c16-12(17)9-2-1-3-10-11(9)19-5-4-15(10)7-8-6-14-13(18)20-8/h1-3,8H,4-7H2,(H,14,18)(H,16,17). The van der Waals surface area contributed by atoms with Gasteiger partial charge in [0.25, 0.3) is 0 Å². The summed E-state index contributed by atoms with van der Waals surface area (Å²) in [6.07, 6.45) is -0.648. The van der Waals surface area contributed by atoms with Crippen LogP contribution in [0.15, 0.2) is 18.2 Å². The van der Waals surface area contributed by atoms with Crippen LogP contribution in [-0.2, 0) is 4.74 Å². The molecule has 2 aliphatic heterocycles.